The summed E-state index contributed by atoms with van der Waals surface area (Å²) in [6, 6.07) is 37.2. The normalized spacial score (nSPS) is 11.1. The van der Waals surface area contributed by atoms with E-state index in [4.69, 9.17) is 0 Å². The van der Waals surface area contributed by atoms with Gasteiger partial charge in [-0.15, -0.1) is 0 Å². The fourth-order valence-electron chi connectivity index (χ4n) is 3.06. The van der Waals surface area contributed by atoms with Gasteiger partial charge in [-0.3, -0.25) is 0 Å². The van der Waals surface area contributed by atoms with Crippen LogP contribution in [0.5, 0.6) is 0 Å². The zero-order valence-electron chi connectivity index (χ0n) is 16.7. The van der Waals surface area contributed by atoms with Gasteiger partial charge in [-0.05, 0) is 59.7 Å². The second kappa shape index (κ2) is 9.94. The molecule has 0 spiro atoms. The van der Waals surface area contributed by atoms with Gasteiger partial charge in [-0.2, -0.15) is 0 Å². The lowest BCUT2D eigenvalue weighted by Crippen LogP contribution is -1.89. The van der Waals surface area contributed by atoms with Crippen LogP contribution in [0.15, 0.2) is 121 Å². The Hall–Kier alpha value is -4.04. The first-order valence-electron chi connectivity index (χ1n) is 10.0. The summed E-state index contributed by atoms with van der Waals surface area (Å²) in [4.78, 5) is 0. The summed E-state index contributed by atoms with van der Waals surface area (Å²) in [6.45, 7) is 0. The highest BCUT2D eigenvalue weighted by Crippen LogP contribution is 2.18. The average molecular weight is 389 g/mol. The summed E-state index contributed by atoms with van der Waals surface area (Å²) >= 11 is 0. The van der Waals surface area contributed by atoms with Gasteiger partial charge < -0.3 is 10.6 Å². The van der Waals surface area contributed by atoms with Crippen molar-refractivity contribution >= 4 is 34.9 Å². The SMILES string of the molecule is C(/C=C/c1ccc(Nc2ccccc2)cc1)=C\c1ccc(Nc2ccccc2)cc1. The van der Waals surface area contributed by atoms with Crippen molar-refractivity contribution in [1.82, 2.24) is 0 Å². The zero-order valence-corrected chi connectivity index (χ0v) is 16.7. The van der Waals surface area contributed by atoms with Crippen LogP contribution in [-0.2, 0) is 0 Å². The largest absolute Gasteiger partial charge is 0.356 e. The molecular formula is C28H24N2. The first-order valence-corrected chi connectivity index (χ1v) is 10.0. The number of para-hydroxylation sites is 2. The maximum absolute atomic E-state index is 3.40. The quantitative estimate of drug-likeness (QED) is 0.314. The first-order chi connectivity index (χ1) is 14.8. The van der Waals surface area contributed by atoms with Crippen molar-refractivity contribution in [2.75, 3.05) is 10.6 Å². The van der Waals surface area contributed by atoms with Crippen LogP contribution < -0.4 is 10.6 Å². The predicted octanol–water partition coefficient (Wildman–Crippen LogP) is 7.90. The number of hydrogen-bond acceptors (Lipinski definition) is 2. The highest BCUT2D eigenvalue weighted by atomic mass is 14.9. The van der Waals surface area contributed by atoms with Gasteiger partial charge in [-0.25, -0.2) is 0 Å². The van der Waals surface area contributed by atoms with Crippen molar-refractivity contribution in [3.8, 4) is 0 Å². The Kier molecular flexibility index (Phi) is 6.39. The van der Waals surface area contributed by atoms with Gasteiger partial charge in [0, 0.05) is 22.7 Å². The van der Waals surface area contributed by atoms with E-state index in [0.717, 1.165) is 22.7 Å². The van der Waals surface area contributed by atoms with Gasteiger partial charge in [0.15, 0.2) is 0 Å². The molecule has 0 aliphatic rings. The van der Waals surface area contributed by atoms with Gasteiger partial charge in [0.05, 0.1) is 0 Å². The van der Waals surface area contributed by atoms with Crippen LogP contribution in [-0.4, -0.2) is 0 Å². The minimum Gasteiger partial charge on any atom is -0.356 e. The summed E-state index contributed by atoms with van der Waals surface area (Å²) in [5.41, 5.74) is 6.68. The van der Waals surface area contributed by atoms with Crippen molar-refractivity contribution in [3.63, 3.8) is 0 Å². The highest BCUT2D eigenvalue weighted by molar-refractivity contribution is 5.65. The van der Waals surface area contributed by atoms with E-state index in [1.54, 1.807) is 0 Å². The van der Waals surface area contributed by atoms with E-state index in [1.165, 1.54) is 11.1 Å². The molecule has 0 heterocycles. The van der Waals surface area contributed by atoms with Crippen molar-refractivity contribution in [2.24, 2.45) is 0 Å². The molecule has 2 nitrogen and oxygen atoms in total. The Morgan fingerprint density at radius 2 is 0.700 bits per heavy atom. The summed E-state index contributed by atoms with van der Waals surface area (Å²) in [6.07, 6.45) is 8.34. The van der Waals surface area contributed by atoms with E-state index < -0.39 is 0 Å². The molecule has 0 bridgehead atoms. The summed E-state index contributed by atoms with van der Waals surface area (Å²) in [5.74, 6) is 0. The molecule has 146 valence electrons. The van der Waals surface area contributed by atoms with E-state index in [0.29, 0.717) is 0 Å². The summed E-state index contributed by atoms with van der Waals surface area (Å²) in [7, 11) is 0. The highest BCUT2D eigenvalue weighted by Gasteiger charge is 1.95. The van der Waals surface area contributed by atoms with Crippen molar-refractivity contribution < 1.29 is 0 Å². The van der Waals surface area contributed by atoms with E-state index in [2.05, 4.69) is 108 Å². The zero-order chi connectivity index (χ0) is 20.4. The van der Waals surface area contributed by atoms with E-state index >= 15 is 0 Å². The fourth-order valence-corrected chi connectivity index (χ4v) is 3.06. The second-order valence-electron chi connectivity index (χ2n) is 6.94. The predicted molar refractivity (Wildman–Crippen MR) is 130 cm³/mol. The third-order valence-corrected chi connectivity index (χ3v) is 4.63. The van der Waals surface area contributed by atoms with Crippen LogP contribution in [0.3, 0.4) is 0 Å². The van der Waals surface area contributed by atoms with Gasteiger partial charge in [0.1, 0.15) is 0 Å². The van der Waals surface area contributed by atoms with Crippen LogP contribution in [0, 0.1) is 0 Å². The van der Waals surface area contributed by atoms with Gasteiger partial charge >= 0.3 is 0 Å². The Labute approximate surface area is 178 Å². The van der Waals surface area contributed by atoms with E-state index in [1.807, 2.05) is 36.4 Å². The molecule has 0 radical (unpaired) electrons. The molecule has 0 saturated carbocycles. The Morgan fingerprint density at radius 1 is 0.367 bits per heavy atom. The van der Waals surface area contributed by atoms with Crippen LogP contribution in [0.2, 0.25) is 0 Å². The van der Waals surface area contributed by atoms with Gasteiger partial charge in [0.2, 0.25) is 0 Å². The molecule has 4 aromatic rings. The minimum atomic E-state index is 1.08. The maximum Gasteiger partial charge on any atom is 0.0384 e. The van der Waals surface area contributed by atoms with Crippen LogP contribution in [0.4, 0.5) is 22.7 Å². The lowest BCUT2D eigenvalue weighted by atomic mass is 10.1. The smallest absolute Gasteiger partial charge is 0.0384 e. The van der Waals surface area contributed by atoms with Crippen LogP contribution >= 0.6 is 0 Å². The summed E-state index contributed by atoms with van der Waals surface area (Å²) < 4.78 is 0. The topological polar surface area (TPSA) is 24.1 Å². The number of hydrogen-bond donors (Lipinski definition) is 2. The lowest BCUT2D eigenvalue weighted by molar-refractivity contribution is 1.54. The number of benzene rings is 4. The third-order valence-electron chi connectivity index (χ3n) is 4.63. The molecular weight excluding hydrogens is 364 g/mol. The lowest BCUT2D eigenvalue weighted by Gasteiger charge is -2.06. The first kappa shape index (κ1) is 19.3. The number of rotatable bonds is 7. The average Bonchev–Trinajstić information content (AvgIpc) is 2.80. The Bertz CT molecular complexity index is 1000. The standard InChI is InChI=1S/C28H24N2/c1-3-11-25(12-4-1)29-27-19-15-23(16-20-27)9-7-8-10-24-17-21-28(22-18-24)30-26-13-5-2-6-14-26/h1-22,29-30H/b9-7+,10-8+. The van der Waals surface area contributed by atoms with Gasteiger partial charge in [-0.1, -0.05) is 85.0 Å². The third kappa shape index (κ3) is 5.73. The Morgan fingerprint density at radius 3 is 1.07 bits per heavy atom. The molecule has 2 heteroatoms. The van der Waals surface area contributed by atoms with E-state index in [9.17, 15) is 0 Å². The van der Waals surface area contributed by atoms with Gasteiger partial charge in [0.25, 0.3) is 0 Å². The minimum absolute atomic E-state index is 1.08. The molecule has 2 N–H and O–H groups in total. The molecule has 0 aromatic heterocycles. The maximum atomic E-state index is 3.40. The molecule has 0 aliphatic carbocycles. The molecule has 0 fully saturated rings. The molecule has 30 heavy (non-hydrogen) atoms. The monoisotopic (exact) mass is 388 g/mol. The molecule has 4 aromatic carbocycles. The van der Waals surface area contributed by atoms with Crippen molar-refractivity contribution in [1.29, 1.82) is 0 Å². The van der Waals surface area contributed by atoms with Crippen molar-refractivity contribution in [2.45, 2.75) is 0 Å². The molecule has 0 aliphatic heterocycles. The molecule has 0 atom stereocenters. The Balaban J connectivity index is 1.30. The van der Waals surface area contributed by atoms with E-state index in [-0.39, 0.29) is 0 Å². The molecule has 0 saturated heterocycles. The molecule has 0 unspecified atom stereocenters. The molecule has 4 rings (SSSR count). The second-order valence-corrected chi connectivity index (χ2v) is 6.94. The molecule has 0 amide bonds. The number of nitrogens with one attached hydrogen (secondary N) is 2. The number of allylic oxidation sites excluding steroid dienone is 2. The van der Waals surface area contributed by atoms with Crippen LogP contribution in [0.1, 0.15) is 11.1 Å². The van der Waals surface area contributed by atoms with Crippen LogP contribution in [0.25, 0.3) is 12.2 Å². The van der Waals surface area contributed by atoms with Crippen molar-refractivity contribution in [3.05, 3.63) is 132 Å². The number of anilines is 4. The fraction of sp³-hybridized carbons (Fsp3) is 0. The summed E-state index contributed by atoms with van der Waals surface area (Å²) in [5, 5.41) is 6.79.